The highest BCUT2D eigenvalue weighted by atomic mass is 32.2. The second kappa shape index (κ2) is 11.7. The van der Waals surface area contributed by atoms with Crippen LogP contribution in [0.5, 0.6) is 11.5 Å². The average Bonchev–Trinajstić information content (AvgIpc) is 3.06. The molecule has 1 aliphatic heterocycles. The third-order valence-corrected chi connectivity index (χ3v) is 6.27. The number of carbonyl (C=O) groups excluding carboxylic acids is 3. The molecule has 7 nitrogen and oxygen atoms in total. The van der Waals surface area contributed by atoms with Gasteiger partial charge in [0.05, 0.1) is 17.8 Å². The summed E-state index contributed by atoms with van der Waals surface area (Å²) in [5.41, 5.74) is 0.477. The molecule has 33 heavy (non-hydrogen) atoms. The van der Waals surface area contributed by atoms with Crippen LogP contribution in [0.15, 0.2) is 58.3 Å². The van der Waals surface area contributed by atoms with Crippen LogP contribution < -0.4 is 14.8 Å². The fraction of sp³-hybridized carbons (Fsp3) is 0.227. The van der Waals surface area contributed by atoms with Crippen LogP contribution in [0.4, 0.5) is 13.6 Å². The van der Waals surface area contributed by atoms with Crippen molar-refractivity contribution in [3.05, 3.63) is 59.0 Å². The number of imide groups is 1. The lowest BCUT2D eigenvalue weighted by Crippen LogP contribution is -2.37. The molecule has 1 fully saturated rings. The summed E-state index contributed by atoms with van der Waals surface area (Å²) in [6.07, 6.45) is 1.47. The summed E-state index contributed by atoms with van der Waals surface area (Å²) in [5, 5.41) is 2.24. The topological polar surface area (TPSA) is 84.9 Å². The van der Waals surface area contributed by atoms with E-state index < -0.39 is 17.8 Å². The van der Waals surface area contributed by atoms with Gasteiger partial charge in [-0.2, -0.15) is 8.78 Å². The van der Waals surface area contributed by atoms with Crippen molar-refractivity contribution in [2.75, 3.05) is 26.0 Å². The van der Waals surface area contributed by atoms with E-state index >= 15 is 0 Å². The van der Waals surface area contributed by atoms with Crippen molar-refractivity contribution in [3.63, 3.8) is 0 Å². The molecule has 174 valence electrons. The molecule has 0 radical (unpaired) electrons. The Bertz CT molecular complexity index is 1050. The van der Waals surface area contributed by atoms with E-state index in [0.717, 1.165) is 21.6 Å². The molecule has 3 rings (SSSR count). The van der Waals surface area contributed by atoms with Crippen molar-refractivity contribution in [1.82, 2.24) is 10.2 Å². The van der Waals surface area contributed by atoms with Gasteiger partial charge < -0.3 is 14.8 Å². The first-order valence-electron chi connectivity index (χ1n) is 9.70. The molecular formula is C22H20F2N2O5S2. The number of rotatable bonds is 10. The highest BCUT2D eigenvalue weighted by molar-refractivity contribution is 8.18. The molecule has 2 aromatic rings. The highest BCUT2D eigenvalue weighted by Crippen LogP contribution is 2.34. The number of nitrogens with one attached hydrogen (secondary N) is 1. The standard InChI is InChI=1S/C22H20F2N2O5S2/c1-30-17-11-14(7-8-16(17)31-21(23)24)12-18-20(28)26(22(29)33-18)10-9-25-19(27)13-32-15-5-3-2-4-6-15/h2-8,11-12,21H,9-10,13H2,1H3,(H,25,27)/b18-12-. The van der Waals surface area contributed by atoms with Gasteiger partial charge in [0.25, 0.3) is 11.1 Å². The first-order chi connectivity index (χ1) is 15.9. The Hall–Kier alpha value is -3.05. The molecule has 11 heteroatoms. The number of alkyl halides is 2. The predicted molar refractivity (Wildman–Crippen MR) is 122 cm³/mol. The zero-order chi connectivity index (χ0) is 23.8. The Morgan fingerprint density at radius 3 is 2.64 bits per heavy atom. The van der Waals surface area contributed by atoms with Crippen LogP contribution in [0, 0.1) is 0 Å². The SMILES string of the molecule is COc1cc(/C=C2\SC(=O)N(CCNC(=O)CSc3ccccc3)C2=O)ccc1OC(F)F. The Balaban J connectivity index is 1.54. The van der Waals surface area contributed by atoms with Gasteiger partial charge in [-0.25, -0.2) is 0 Å². The van der Waals surface area contributed by atoms with Crippen LogP contribution in [0.2, 0.25) is 0 Å². The molecule has 0 unspecified atom stereocenters. The van der Waals surface area contributed by atoms with E-state index in [4.69, 9.17) is 4.74 Å². The first-order valence-corrected chi connectivity index (χ1v) is 11.5. The van der Waals surface area contributed by atoms with Gasteiger partial charge in [0.1, 0.15) is 0 Å². The zero-order valence-corrected chi connectivity index (χ0v) is 19.1. The van der Waals surface area contributed by atoms with Crippen molar-refractivity contribution in [3.8, 4) is 11.5 Å². The molecule has 0 bridgehead atoms. The van der Waals surface area contributed by atoms with Crippen LogP contribution in [0.25, 0.3) is 6.08 Å². The van der Waals surface area contributed by atoms with Gasteiger partial charge in [-0.1, -0.05) is 24.3 Å². The summed E-state index contributed by atoms with van der Waals surface area (Å²) in [6, 6.07) is 13.7. The number of nitrogens with zero attached hydrogens (tertiary/aromatic N) is 1. The van der Waals surface area contributed by atoms with E-state index in [1.54, 1.807) is 0 Å². The maximum Gasteiger partial charge on any atom is 0.387 e. The number of methoxy groups -OCH3 is 1. The number of ether oxygens (including phenoxy) is 2. The monoisotopic (exact) mass is 494 g/mol. The first kappa shape index (κ1) is 24.6. The summed E-state index contributed by atoms with van der Waals surface area (Å²) in [6.45, 7) is -2.83. The summed E-state index contributed by atoms with van der Waals surface area (Å²) < 4.78 is 34.4. The van der Waals surface area contributed by atoms with Gasteiger partial charge in [0.2, 0.25) is 5.91 Å². The molecule has 1 N–H and O–H groups in total. The van der Waals surface area contributed by atoms with E-state index in [-0.39, 0.29) is 41.2 Å². The number of carbonyl (C=O) groups is 3. The van der Waals surface area contributed by atoms with E-state index in [9.17, 15) is 23.2 Å². The minimum Gasteiger partial charge on any atom is -0.493 e. The molecule has 2 aromatic carbocycles. The number of hydrogen-bond donors (Lipinski definition) is 1. The van der Waals surface area contributed by atoms with Gasteiger partial charge in [0, 0.05) is 18.0 Å². The van der Waals surface area contributed by atoms with Crippen molar-refractivity contribution in [2.24, 2.45) is 0 Å². The minimum absolute atomic E-state index is 0.0360. The lowest BCUT2D eigenvalue weighted by Gasteiger charge is -2.13. The summed E-state index contributed by atoms with van der Waals surface area (Å²) in [7, 11) is 1.30. The molecule has 0 saturated carbocycles. The Labute approximate surface area is 197 Å². The zero-order valence-electron chi connectivity index (χ0n) is 17.5. The van der Waals surface area contributed by atoms with Crippen molar-refractivity contribution < 1.29 is 32.6 Å². The van der Waals surface area contributed by atoms with Crippen LogP contribution in [0.1, 0.15) is 5.56 Å². The fourth-order valence-electron chi connectivity index (χ4n) is 2.84. The lowest BCUT2D eigenvalue weighted by molar-refractivity contribution is -0.123. The highest BCUT2D eigenvalue weighted by Gasteiger charge is 2.34. The van der Waals surface area contributed by atoms with E-state index in [1.807, 2.05) is 30.3 Å². The van der Waals surface area contributed by atoms with Crippen molar-refractivity contribution in [1.29, 1.82) is 0 Å². The van der Waals surface area contributed by atoms with Gasteiger partial charge >= 0.3 is 6.61 Å². The second-order valence-electron chi connectivity index (χ2n) is 6.57. The molecule has 0 aliphatic carbocycles. The fourth-order valence-corrected chi connectivity index (χ4v) is 4.45. The van der Waals surface area contributed by atoms with E-state index in [2.05, 4.69) is 10.1 Å². The number of hydrogen-bond acceptors (Lipinski definition) is 7. The third-order valence-electron chi connectivity index (χ3n) is 4.35. The maximum absolute atomic E-state index is 12.6. The Kier molecular flexibility index (Phi) is 8.72. The van der Waals surface area contributed by atoms with Gasteiger partial charge in [-0.05, 0) is 47.7 Å². The second-order valence-corrected chi connectivity index (χ2v) is 8.62. The Morgan fingerprint density at radius 1 is 1.18 bits per heavy atom. The number of amides is 3. The van der Waals surface area contributed by atoms with Crippen LogP contribution >= 0.6 is 23.5 Å². The van der Waals surface area contributed by atoms with E-state index in [1.165, 1.54) is 43.1 Å². The summed E-state index contributed by atoms with van der Waals surface area (Å²) in [4.78, 5) is 39.1. The molecule has 3 amide bonds. The van der Waals surface area contributed by atoms with Gasteiger partial charge in [0.15, 0.2) is 11.5 Å². The van der Waals surface area contributed by atoms with Crippen LogP contribution in [-0.4, -0.2) is 54.5 Å². The molecule has 1 saturated heterocycles. The van der Waals surface area contributed by atoms with Crippen molar-refractivity contribution >= 4 is 46.7 Å². The van der Waals surface area contributed by atoms with Gasteiger partial charge in [-0.3, -0.25) is 19.3 Å². The molecule has 0 spiro atoms. The summed E-state index contributed by atoms with van der Waals surface area (Å²) in [5.74, 6) is -0.550. The van der Waals surface area contributed by atoms with Crippen LogP contribution in [-0.2, 0) is 9.59 Å². The largest absolute Gasteiger partial charge is 0.493 e. The maximum atomic E-state index is 12.6. The average molecular weight is 495 g/mol. The van der Waals surface area contributed by atoms with Crippen molar-refractivity contribution in [2.45, 2.75) is 11.5 Å². The molecular weight excluding hydrogens is 474 g/mol. The Morgan fingerprint density at radius 2 is 1.94 bits per heavy atom. The third kappa shape index (κ3) is 6.96. The molecule has 0 atom stereocenters. The molecule has 1 aliphatic rings. The lowest BCUT2D eigenvalue weighted by atomic mass is 10.2. The smallest absolute Gasteiger partial charge is 0.387 e. The number of thioether (sulfide) groups is 2. The summed E-state index contributed by atoms with van der Waals surface area (Å²) >= 11 is 2.15. The predicted octanol–water partition coefficient (Wildman–Crippen LogP) is 4.24. The minimum atomic E-state index is -3.00. The normalized spacial score (nSPS) is 14.8. The quantitative estimate of drug-likeness (QED) is 0.391. The van der Waals surface area contributed by atoms with Gasteiger partial charge in [-0.15, -0.1) is 11.8 Å². The van der Waals surface area contributed by atoms with Crippen LogP contribution in [0.3, 0.4) is 0 Å². The van der Waals surface area contributed by atoms with E-state index in [0.29, 0.717) is 5.56 Å². The molecule has 0 aromatic heterocycles. The number of halogens is 2. The number of benzene rings is 2. The molecule has 1 heterocycles.